The molecule has 1 aliphatic heterocycles. The van der Waals surface area contributed by atoms with E-state index in [1.165, 1.54) is 6.42 Å². The Morgan fingerprint density at radius 1 is 1.32 bits per heavy atom. The number of hydrogen-bond donors (Lipinski definition) is 1. The molecule has 2 aliphatic rings. The lowest BCUT2D eigenvalue weighted by atomic mass is 9.93. The van der Waals surface area contributed by atoms with Gasteiger partial charge in [-0.3, -0.25) is 9.59 Å². The molecule has 1 aromatic rings. The van der Waals surface area contributed by atoms with E-state index >= 15 is 0 Å². The Kier molecular flexibility index (Phi) is 3.27. The third-order valence-corrected chi connectivity index (χ3v) is 4.01. The zero-order valence-electron chi connectivity index (χ0n) is 11.0. The zero-order valence-corrected chi connectivity index (χ0v) is 11.0. The average molecular weight is 261 g/mol. The van der Waals surface area contributed by atoms with E-state index in [2.05, 4.69) is 9.88 Å². The minimum absolute atomic E-state index is 0.0195. The van der Waals surface area contributed by atoms with Crippen LogP contribution in [0.2, 0.25) is 0 Å². The van der Waals surface area contributed by atoms with Gasteiger partial charge in [-0.15, -0.1) is 0 Å². The van der Waals surface area contributed by atoms with Crippen molar-refractivity contribution in [2.45, 2.75) is 31.7 Å². The summed E-state index contributed by atoms with van der Waals surface area (Å²) < 4.78 is 2.08. The molecule has 0 unspecified atom stereocenters. The van der Waals surface area contributed by atoms with Gasteiger partial charge in [-0.2, -0.15) is 0 Å². The number of amides is 2. The first-order valence-electron chi connectivity index (χ1n) is 6.98. The van der Waals surface area contributed by atoms with Crippen LogP contribution in [0.1, 0.15) is 42.2 Å². The number of carbonyl (C=O) groups excluding carboxylic acids is 2. The Hall–Kier alpha value is -1.78. The maximum atomic E-state index is 12.5. The lowest BCUT2D eigenvalue weighted by Crippen LogP contribution is -2.38. The highest BCUT2D eigenvalue weighted by Crippen LogP contribution is 2.33. The van der Waals surface area contributed by atoms with E-state index in [1.54, 1.807) is 4.90 Å². The van der Waals surface area contributed by atoms with Crippen molar-refractivity contribution in [2.75, 3.05) is 19.6 Å². The maximum absolute atomic E-state index is 12.5. The van der Waals surface area contributed by atoms with Crippen LogP contribution in [-0.4, -0.2) is 40.9 Å². The normalized spacial score (nSPS) is 20.6. The average Bonchev–Trinajstić information content (AvgIpc) is 2.68. The van der Waals surface area contributed by atoms with Crippen molar-refractivity contribution >= 4 is 11.8 Å². The second-order valence-electron chi connectivity index (χ2n) is 5.32. The molecule has 1 aromatic heterocycles. The summed E-state index contributed by atoms with van der Waals surface area (Å²) in [5.41, 5.74) is 0.722. The number of aromatic nitrogens is 1. The SMILES string of the molecule is O=C1CN(C(=O)c2cccn2C2CCC2)CCCN1. The molecule has 0 radical (unpaired) electrons. The molecule has 0 aromatic carbocycles. The zero-order chi connectivity index (χ0) is 13.2. The summed E-state index contributed by atoms with van der Waals surface area (Å²) in [6, 6.07) is 4.25. The van der Waals surface area contributed by atoms with Crippen LogP contribution in [0.15, 0.2) is 18.3 Å². The van der Waals surface area contributed by atoms with Gasteiger partial charge in [-0.1, -0.05) is 0 Å². The molecular formula is C14H19N3O2. The quantitative estimate of drug-likeness (QED) is 0.869. The molecule has 2 heterocycles. The van der Waals surface area contributed by atoms with Gasteiger partial charge in [-0.25, -0.2) is 0 Å². The molecule has 5 heteroatoms. The Morgan fingerprint density at radius 2 is 2.16 bits per heavy atom. The Balaban J connectivity index is 1.79. The lowest BCUT2D eigenvalue weighted by Gasteiger charge is -2.30. The summed E-state index contributed by atoms with van der Waals surface area (Å²) in [5, 5.41) is 2.79. The summed E-state index contributed by atoms with van der Waals surface area (Å²) in [4.78, 5) is 25.8. The van der Waals surface area contributed by atoms with E-state index in [4.69, 9.17) is 0 Å². The molecule has 0 atom stereocenters. The molecule has 1 aliphatic carbocycles. The fourth-order valence-electron chi connectivity index (χ4n) is 2.70. The van der Waals surface area contributed by atoms with Gasteiger partial charge in [0.15, 0.2) is 0 Å². The van der Waals surface area contributed by atoms with E-state index in [9.17, 15) is 9.59 Å². The predicted octanol–water partition coefficient (Wildman–Crippen LogP) is 1.18. The first-order valence-corrected chi connectivity index (χ1v) is 6.98. The van der Waals surface area contributed by atoms with Gasteiger partial charge in [0.2, 0.25) is 5.91 Å². The van der Waals surface area contributed by atoms with Crippen molar-refractivity contribution in [1.29, 1.82) is 0 Å². The molecule has 3 rings (SSSR count). The first kappa shape index (κ1) is 12.3. The van der Waals surface area contributed by atoms with E-state index in [0.29, 0.717) is 19.1 Å². The van der Waals surface area contributed by atoms with Crippen LogP contribution in [0, 0.1) is 0 Å². The summed E-state index contributed by atoms with van der Waals surface area (Å²) in [6.07, 6.45) is 6.34. The standard InChI is InChI=1S/C14H19N3O2/c18-13-10-16(8-3-7-15-13)14(19)12-6-2-9-17(12)11-4-1-5-11/h2,6,9,11H,1,3-5,7-8,10H2,(H,15,18). The van der Waals surface area contributed by atoms with E-state index < -0.39 is 0 Å². The monoisotopic (exact) mass is 261 g/mol. The van der Waals surface area contributed by atoms with Gasteiger partial charge in [0.25, 0.3) is 5.91 Å². The molecule has 2 amide bonds. The third-order valence-electron chi connectivity index (χ3n) is 4.01. The molecule has 5 nitrogen and oxygen atoms in total. The summed E-state index contributed by atoms with van der Waals surface area (Å²) in [6.45, 7) is 1.48. The number of hydrogen-bond acceptors (Lipinski definition) is 2. The summed E-state index contributed by atoms with van der Waals surface area (Å²) in [7, 11) is 0. The number of carbonyl (C=O) groups is 2. The van der Waals surface area contributed by atoms with Crippen LogP contribution in [0.25, 0.3) is 0 Å². The highest BCUT2D eigenvalue weighted by molar-refractivity contribution is 5.95. The second kappa shape index (κ2) is 5.07. The maximum Gasteiger partial charge on any atom is 0.270 e. The van der Waals surface area contributed by atoms with Gasteiger partial charge in [0.05, 0.1) is 6.54 Å². The largest absolute Gasteiger partial charge is 0.354 e. The Labute approximate surface area is 112 Å². The topological polar surface area (TPSA) is 54.3 Å². The van der Waals surface area contributed by atoms with Crippen LogP contribution in [-0.2, 0) is 4.79 Å². The molecule has 2 fully saturated rings. The van der Waals surface area contributed by atoms with Crippen LogP contribution in [0.5, 0.6) is 0 Å². The van der Waals surface area contributed by atoms with E-state index in [-0.39, 0.29) is 18.4 Å². The molecule has 1 saturated heterocycles. The van der Waals surface area contributed by atoms with Crippen molar-refractivity contribution in [3.8, 4) is 0 Å². The number of nitrogens with zero attached hydrogens (tertiary/aromatic N) is 2. The van der Waals surface area contributed by atoms with Gasteiger partial charge in [-0.05, 0) is 37.8 Å². The molecule has 102 valence electrons. The Morgan fingerprint density at radius 3 is 2.89 bits per heavy atom. The summed E-state index contributed by atoms with van der Waals surface area (Å²) in [5.74, 6) is -0.0819. The van der Waals surface area contributed by atoms with Crippen LogP contribution >= 0.6 is 0 Å². The molecular weight excluding hydrogens is 242 g/mol. The van der Waals surface area contributed by atoms with Crippen molar-refractivity contribution in [3.63, 3.8) is 0 Å². The van der Waals surface area contributed by atoms with Gasteiger partial charge in [0.1, 0.15) is 5.69 Å². The van der Waals surface area contributed by atoms with Crippen molar-refractivity contribution < 1.29 is 9.59 Å². The third kappa shape index (κ3) is 2.37. The highest BCUT2D eigenvalue weighted by atomic mass is 16.2. The van der Waals surface area contributed by atoms with Gasteiger partial charge in [0, 0.05) is 25.3 Å². The lowest BCUT2D eigenvalue weighted by molar-refractivity contribution is -0.121. The van der Waals surface area contributed by atoms with Crippen molar-refractivity contribution in [3.05, 3.63) is 24.0 Å². The second-order valence-corrected chi connectivity index (χ2v) is 5.32. The Bertz CT molecular complexity index is 491. The molecule has 0 spiro atoms. The molecule has 1 saturated carbocycles. The smallest absolute Gasteiger partial charge is 0.270 e. The predicted molar refractivity (Wildman–Crippen MR) is 70.9 cm³/mol. The summed E-state index contributed by atoms with van der Waals surface area (Å²) >= 11 is 0. The van der Waals surface area contributed by atoms with Crippen LogP contribution < -0.4 is 5.32 Å². The minimum Gasteiger partial charge on any atom is -0.354 e. The first-order chi connectivity index (χ1) is 9.25. The van der Waals surface area contributed by atoms with E-state index in [1.807, 2.05) is 18.3 Å². The minimum atomic E-state index is -0.0624. The van der Waals surface area contributed by atoms with Crippen molar-refractivity contribution in [2.24, 2.45) is 0 Å². The molecule has 0 bridgehead atoms. The highest BCUT2D eigenvalue weighted by Gasteiger charge is 2.27. The fraction of sp³-hybridized carbons (Fsp3) is 0.571. The molecule has 19 heavy (non-hydrogen) atoms. The van der Waals surface area contributed by atoms with Gasteiger partial charge >= 0.3 is 0 Å². The fourth-order valence-corrected chi connectivity index (χ4v) is 2.70. The molecule has 1 N–H and O–H groups in total. The van der Waals surface area contributed by atoms with Crippen LogP contribution in [0.3, 0.4) is 0 Å². The van der Waals surface area contributed by atoms with Gasteiger partial charge < -0.3 is 14.8 Å². The van der Waals surface area contributed by atoms with Crippen LogP contribution in [0.4, 0.5) is 0 Å². The number of rotatable bonds is 2. The van der Waals surface area contributed by atoms with E-state index in [0.717, 1.165) is 25.0 Å². The number of nitrogens with one attached hydrogen (secondary N) is 1. The van der Waals surface area contributed by atoms with Crippen molar-refractivity contribution in [1.82, 2.24) is 14.8 Å².